The summed E-state index contributed by atoms with van der Waals surface area (Å²) in [5.41, 5.74) is 5.43. The number of nitrogens with two attached hydrogens (primary N) is 1. The van der Waals surface area contributed by atoms with E-state index in [1.165, 1.54) is 0 Å². The molecule has 0 radical (unpaired) electrons. The van der Waals surface area contributed by atoms with E-state index in [1.54, 1.807) is 12.0 Å². The molecule has 18 heavy (non-hydrogen) atoms. The summed E-state index contributed by atoms with van der Waals surface area (Å²) in [4.78, 5) is 14.0. The van der Waals surface area contributed by atoms with Crippen LogP contribution in [0.1, 0.15) is 32.1 Å². The van der Waals surface area contributed by atoms with Crippen LogP contribution < -0.4 is 5.73 Å². The molecule has 1 amide bonds. The number of hydrogen-bond donors (Lipinski definition) is 2. The molecule has 1 fully saturated rings. The fourth-order valence-corrected chi connectivity index (χ4v) is 2.26. The summed E-state index contributed by atoms with van der Waals surface area (Å²) >= 11 is 0. The predicted molar refractivity (Wildman–Crippen MR) is 68.4 cm³/mol. The molecule has 0 unspecified atom stereocenters. The Morgan fingerprint density at radius 3 is 2.67 bits per heavy atom. The summed E-state index contributed by atoms with van der Waals surface area (Å²) in [6.07, 6.45) is 4.61. The zero-order chi connectivity index (χ0) is 13.4. The lowest BCUT2D eigenvalue weighted by atomic mass is 10.1. The second kappa shape index (κ2) is 7.92. The summed E-state index contributed by atoms with van der Waals surface area (Å²) in [6, 6.07) is 0. The fraction of sp³-hybridized carbons (Fsp3) is 0.833. The van der Waals surface area contributed by atoms with Crippen LogP contribution >= 0.6 is 0 Å². The normalized spacial score (nSPS) is 17.1. The number of amides is 1. The van der Waals surface area contributed by atoms with Crippen LogP contribution in [-0.2, 0) is 9.53 Å². The van der Waals surface area contributed by atoms with Gasteiger partial charge in [-0.15, -0.1) is 0 Å². The molecule has 6 heteroatoms. The first-order valence-corrected chi connectivity index (χ1v) is 6.43. The van der Waals surface area contributed by atoms with Gasteiger partial charge in [-0.3, -0.25) is 4.79 Å². The number of oxime groups is 1. The number of hydrogen-bond acceptors (Lipinski definition) is 4. The van der Waals surface area contributed by atoms with E-state index in [2.05, 4.69) is 5.16 Å². The minimum absolute atomic E-state index is 0.147. The van der Waals surface area contributed by atoms with Crippen molar-refractivity contribution in [1.29, 1.82) is 0 Å². The molecule has 0 heterocycles. The van der Waals surface area contributed by atoms with Gasteiger partial charge >= 0.3 is 0 Å². The summed E-state index contributed by atoms with van der Waals surface area (Å²) in [5.74, 6) is 0.473. The second-order valence-corrected chi connectivity index (χ2v) is 4.64. The zero-order valence-corrected chi connectivity index (χ0v) is 11.0. The molecule has 0 aromatic heterocycles. The molecule has 1 aliphatic rings. The minimum atomic E-state index is 0.147. The first-order valence-electron chi connectivity index (χ1n) is 6.43. The van der Waals surface area contributed by atoms with E-state index in [1.807, 2.05) is 0 Å². The molecule has 6 nitrogen and oxygen atoms in total. The summed E-state index contributed by atoms with van der Waals surface area (Å²) < 4.78 is 5.01. The number of ether oxygens (including phenoxy) is 1. The van der Waals surface area contributed by atoms with Crippen molar-refractivity contribution in [1.82, 2.24) is 4.90 Å². The van der Waals surface area contributed by atoms with Gasteiger partial charge in [0.15, 0.2) is 0 Å². The molecule has 104 valence electrons. The van der Waals surface area contributed by atoms with E-state index in [4.69, 9.17) is 15.7 Å². The SMILES string of the molecule is COCCN(CCC(N)=NO)C(=O)C1CCCC1. The summed E-state index contributed by atoms with van der Waals surface area (Å²) in [5, 5.41) is 11.4. The topological polar surface area (TPSA) is 88.2 Å². The molecule has 0 saturated heterocycles. The lowest BCUT2D eigenvalue weighted by Gasteiger charge is -2.25. The number of rotatable bonds is 7. The standard InChI is InChI=1S/C12H23N3O3/c1-18-9-8-15(7-6-11(13)14-17)12(16)10-4-2-3-5-10/h10,17H,2-9H2,1H3,(H2,13,14). The van der Waals surface area contributed by atoms with Crippen LogP contribution in [-0.4, -0.2) is 48.7 Å². The number of amidine groups is 1. The van der Waals surface area contributed by atoms with E-state index >= 15 is 0 Å². The van der Waals surface area contributed by atoms with Crippen molar-refractivity contribution in [2.75, 3.05) is 26.8 Å². The quantitative estimate of drug-likeness (QED) is 0.305. The molecule has 0 aliphatic heterocycles. The van der Waals surface area contributed by atoms with Crippen LogP contribution in [0.25, 0.3) is 0 Å². The van der Waals surface area contributed by atoms with Crippen LogP contribution in [0.5, 0.6) is 0 Å². The van der Waals surface area contributed by atoms with E-state index in [-0.39, 0.29) is 17.7 Å². The van der Waals surface area contributed by atoms with Gasteiger partial charge in [0.25, 0.3) is 0 Å². The fourth-order valence-electron chi connectivity index (χ4n) is 2.26. The molecular weight excluding hydrogens is 234 g/mol. The number of nitrogens with zero attached hydrogens (tertiary/aromatic N) is 2. The molecular formula is C12H23N3O3. The van der Waals surface area contributed by atoms with Crippen LogP contribution in [0.3, 0.4) is 0 Å². The zero-order valence-electron chi connectivity index (χ0n) is 11.0. The Kier molecular flexibility index (Phi) is 6.49. The lowest BCUT2D eigenvalue weighted by molar-refractivity contribution is -0.135. The minimum Gasteiger partial charge on any atom is -0.409 e. The third-order valence-electron chi connectivity index (χ3n) is 3.35. The highest BCUT2D eigenvalue weighted by Crippen LogP contribution is 2.26. The maximum absolute atomic E-state index is 12.3. The molecule has 0 aromatic rings. The van der Waals surface area contributed by atoms with Gasteiger partial charge in [0.05, 0.1) is 6.61 Å². The van der Waals surface area contributed by atoms with Crippen LogP contribution in [0, 0.1) is 5.92 Å². The summed E-state index contributed by atoms with van der Waals surface area (Å²) in [6.45, 7) is 1.55. The Balaban J connectivity index is 2.50. The highest BCUT2D eigenvalue weighted by Gasteiger charge is 2.26. The van der Waals surface area contributed by atoms with E-state index in [0.29, 0.717) is 26.1 Å². The summed E-state index contributed by atoms with van der Waals surface area (Å²) in [7, 11) is 1.61. The molecule has 3 N–H and O–H groups in total. The Hall–Kier alpha value is -1.30. The van der Waals surface area contributed by atoms with Gasteiger partial charge in [-0.05, 0) is 12.8 Å². The van der Waals surface area contributed by atoms with Crippen molar-refractivity contribution in [3.05, 3.63) is 0 Å². The molecule has 1 saturated carbocycles. The highest BCUT2D eigenvalue weighted by molar-refractivity contribution is 5.82. The van der Waals surface area contributed by atoms with Gasteiger partial charge < -0.3 is 20.6 Å². The largest absolute Gasteiger partial charge is 0.409 e. The first-order chi connectivity index (χ1) is 8.69. The molecule has 1 rings (SSSR count). The van der Waals surface area contributed by atoms with Gasteiger partial charge in [-0.25, -0.2) is 0 Å². The van der Waals surface area contributed by atoms with Crippen LogP contribution in [0.4, 0.5) is 0 Å². The van der Waals surface area contributed by atoms with Crippen molar-refractivity contribution < 1.29 is 14.7 Å². The van der Waals surface area contributed by atoms with E-state index in [9.17, 15) is 4.79 Å². The number of carbonyl (C=O) groups excluding carboxylic acids is 1. The molecule has 0 aromatic carbocycles. The highest BCUT2D eigenvalue weighted by atomic mass is 16.5. The number of methoxy groups -OCH3 is 1. The van der Waals surface area contributed by atoms with Crippen LogP contribution in [0.2, 0.25) is 0 Å². The van der Waals surface area contributed by atoms with Crippen LogP contribution in [0.15, 0.2) is 5.16 Å². The molecule has 0 bridgehead atoms. The molecule has 1 aliphatic carbocycles. The third kappa shape index (κ3) is 4.52. The average Bonchev–Trinajstić information content (AvgIpc) is 2.91. The van der Waals surface area contributed by atoms with Crippen molar-refractivity contribution in [3.8, 4) is 0 Å². The third-order valence-corrected chi connectivity index (χ3v) is 3.35. The Bertz CT molecular complexity index is 288. The van der Waals surface area contributed by atoms with Gasteiger partial charge in [-0.2, -0.15) is 0 Å². The van der Waals surface area contributed by atoms with Crippen molar-refractivity contribution in [2.24, 2.45) is 16.8 Å². The molecule has 0 atom stereocenters. The lowest BCUT2D eigenvalue weighted by Crippen LogP contribution is -2.39. The van der Waals surface area contributed by atoms with Gasteiger partial charge in [0.2, 0.25) is 5.91 Å². The van der Waals surface area contributed by atoms with Crippen molar-refractivity contribution in [3.63, 3.8) is 0 Å². The van der Waals surface area contributed by atoms with Gasteiger partial charge in [0, 0.05) is 32.5 Å². The molecule has 0 spiro atoms. The second-order valence-electron chi connectivity index (χ2n) is 4.64. The smallest absolute Gasteiger partial charge is 0.225 e. The Labute approximate surface area is 108 Å². The van der Waals surface area contributed by atoms with Crippen molar-refractivity contribution >= 4 is 11.7 Å². The van der Waals surface area contributed by atoms with Gasteiger partial charge in [-0.1, -0.05) is 18.0 Å². The van der Waals surface area contributed by atoms with E-state index in [0.717, 1.165) is 25.7 Å². The maximum Gasteiger partial charge on any atom is 0.225 e. The van der Waals surface area contributed by atoms with E-state index < -0.39 is 0 Å². The van der Waals surface area contributed by atoms with Crippen molar-refractivity contribution in [2.45, 2.75) is 32.1 Å². The Morgan fingerprint density at radius 2 is 2.11 bits per heavy atom. The average molecular weight is 257 g/mol. The van der Waals surface area contributed by atoms with Gasteiger partial charge in [0.1, 0.15) is 5.84 Å². The monoisotopic (exact) mass is 257 g/mol. The maximum atomic E-state index is 12.3. The predicted octanol–water partition coefficient (Wildman–Crippen LogP) is 0.788. The Morgan fingerprint density at radius 1 is 1.44 bits per heavy atom. The first kappa shape index (κ1) is 14.8. The number of carbonyl (C=O) groups is 1.